The lowest BCUT2D eigenvalue weighted by Gasteiger charge is -2.12. The highest BCUT2D eigenvalue weighted by atomic mass is 32.1. The smallest absolute Gasteiger partial charge is 0.311 e. The number of hydrogen-bond donors (Lipinski definition) is 1. The van der Waals surface area contributed by atoms with Crippen molar-refractivity contribution in [3.63, 3.8) is 0 Å². The highest BCUT2D eigenvalue weighted by molar-refractivity contribution is 7.80. The lowest BCUT2D eigenvalue weighted by molar-refractivity contribution is -0.139. The van der Waals surface area contributed by atoms with Gasteiger partial charge in [0.25, 0.3) is 0 Å². The van der Waals surface area contributed by atoms with Crippen molar-refractivity contribution in [1.82, 2.24) is 10.3 Å². The Kier molecular flexibility index (Phi) is 5.79. The summed E-state index contributed by atoms with van der Waals surface area (Å²) in [5, 5.41) is 8.57. The highest BCUT2D eigenvalue weighted by Crippen LogP contribution is 1.86. The molecule has 5 nitrogen and oxygen atoms in total. The molecule has 0 aromatic heterocycles. The zero-order chi connectivity index (χ0) is 10.3. The number of nitrogens with one attached hydrogen (secondary N) is 1. The Balaban J connectivity index is 3.84. The molecule has 0 fully saturated rings. The van der Waals surface area contributed by atoms with E-state index in [2.05, 4.69) is 15.2 Å². The number of thiocarbonyl (C=S) groups is 1. The number of rotatable bonds is 3. The van der Waals surface area contributed by atoms with Crippen molar-refractivity contribution in [2.24, 2.45) is 5.10 Å². The molecule has 0 rings (SSSR count). The van der Waals surface area contributed by atoms with Crippen LogP contribution in [0.4, 0.5) is 0 Å². The van der Waals surface area contributed by atoms with E-state index in [4.69, 9.17) is 12.2 Å². The highest BCUT2D eigenvalue weighted by Gasteiger charge is 1.98. The number of methoxy groups -OCH3 is 1. The van der Waals surface area contributed by atoms with Crippen LogP contribution in [0.15, 0.2) is 5.10 Å². The summed E-state index contributed by atoms with van der Waals surface area (Å²) in [7, 11) is 4.72. The van der Waals surface area contributed by atoms with E-state index in [1.165, 1.54) is 18.3 Å². The van der Waals surface area contributed by atoms with E-state index < -0.39 is 0 Å². The number of hydrazone groups is 1. The number of carbonyl (C=O) groups excluding carboxylic acids is 1. The molecule has 0 amide bonds. The second kappa shape index (κ2) is 6.36. The van der Waals surface area contributed by atoms with Gasteiger partial charge in [-0.15, -0.1) is 0 Å². The minimum absolute atomic E-state index is 0.146. The molecular weight excluding hydrogens is 190 g/mol. The van der Waals surface area contributed by atoms with Crippen LogP contribution in [0.1, 0.15) is 6.42 Å². The Bertz CT molecular complexity index is 218. The van der Waals surface area contributed by atoms with E-state index in [0.717, 1.165) is 0 Å². The minimum atomic E-state index is -0.326. The summed E-state index contributed by atoms with van der Waals surface area (Å²) in [6.07, 6.45) is 1.59. The quantitative estimate of drug-likeness (QED) is 0.302. The topological polar surface area (TPSA) is 53.9 Å². The molecule has 0 spiro atoms. The normalized spacial score (nSPS) is 9.77. The van der Waals surface area contributed by atoms with Crippen LogP contribution in [0.25, 0.3) is 0 Å². The van der Waals surface area contributed by atoms with Crippen LogP contribution < -0.4 is 5.32 Å². The van der Waals surface area contributed by atoms with E-state index in [-0.39, 0.29) is 12.4 Å². The summed E-state index contributed by atoms with van der Waals surface area (Å²) in [6.45, 7) is 0. The molecule has 0 aromatic rings. The lowest BCUT2D eigenvalue weighted by atomic mass is 10.5. The van der Waals surface area contributed by atoms with Crippen LogP contribution in [-0.2, 0) is 9.53 Å². The van der Waals surface area contributed by atoms with Crippen LogP contribution in [-0.4, -0.2) is 43.5 Å². The van der Waals surface area contributed by atoms with Gasteiger partial charge in [-0.3, -0.25) is 4.79 Å². The average molecular weight is 203 g/mol. The standard InChI is InChI=1S/C7H13N3O2S/c1-8-7(13)10(2)9-5-4-6(11)12-3/h5H,4H2,1-3H3,(H,8,13). The Morgan fingerprint density at radius 3 is 2.85 bits per heavy atom. The zero-order valence-corrected chi connectivity index (χ0v) is 8.72. The first-order valence-corrected chi connectivity index (χ1v) is 4.07. The zero-order valence-electron chi connectivity index (χ0n) is 7.90. The molecule has 0 aliphatic carbocycles. The van der Waals surface area contributed by atoms with E-state index in [1.54, 1.807) is 14.1 Å². The Morgan fingerprint density at radius 2 is 2.38 bits per heavy atom. The first kappa shape index (κ1) is 11.8. The summed E-state index contributed by atoms with van der Waals surface area (Å²) in [6, 6.07) is 0. The van der Waals surface area contributed by atoms with Gasteiger partial charge in [-0.2, -0.15) is 5.10 Å². The molecule has 6 heteroatoms. The number of carbonyl (C=O) groups is 1. The Morgan fingerprint density at radius 1 is 1.77 bits per heavy atom. The van der Waals surface area contributed by atoms with Crippen LogP contribution in [0.3, 0.4) is 0 Å². The van der Waals surface area contributed by atoms with Gasteiger partial charge in [0.15, 0.2) is 5.11 Å². The summed E-state index contributed by atoms with van der Waals surface area (Å²) < 4.78 is 4.42. The van der Waals surface area contributed by atoms with Crippen molar-refractivity contribution < 1.29 is 9.53 Å². The molecule has 0 aliphatic rings. The van der Waals surface area contributed by atoms with Crippen molar-refractivity contribution in [3.8, 4) is 0 Å². The number of ether oxygens (including phenoxy) is 1. The van der Waals surface area contributed by atoms with Gasteiger partial charge in [0.2, 0.25) is 0 Å². The molecule has 0 aromatic carbocycles. The fraction of sp³-hybridized carbons (Fsp3) is 0.571. The maximum Gasteiger partial charge on any atom is 0.311 e. The third kappa shape index (κ3) is 5.13. The first-order chi connectivity index (χ1) is 6.11. The lowest BCUT2D eigenvalue weighted by Crippen LogP contribution is -2.30. The van der Waals surface area contributed by atoms with Crippen LogP contribution >= 0.6 is 12.2 Å². The average Bonchev–Trinajstić information content (AvgIpc) is 2.15. The second-order valence-electron chi connectivity index (χ2n) is 2.16. The summed E-state index contributed by atoms with van der Waals surface area (Å²) in [4.78, 5) is 10.7. The maximum absolute atomic E-state index is 10.7. The molecule has 0 aliphatic heterocycles. The fourth-order valence-electron chi connectivity index (χ4n) is 0.535. The number of hydrogen-bond acceptors (Lipinski definition) is 4. The van der Waals surface area contributed by atoms with Crippen LogP contribution in [0.5, 0.6) is 0 Å². The predicted molar refractivity (Wildman–Crippen MR) is 54.5 cm³/mol. The van der Waals surface area contributed by atoms with Crippen molar-refractivity contribution in [3.05, 3.63) is 0 Å². The maximum atomic E-state index is 10.7. The van der Waals surface area contributed by atoms with E-state index >= 15 is 0 Å². The minimum Gasteiger partial charge on any atom is -0.469 e. The van der Waals surface area contributed by atoms with Gasteiger partial charge in [0.1, 0.15) is 0 Å². The predicted octanol–water partition coefficient (Wildman–Crippen LogP) is -0.0286. The second-order valence-corrected chi connectivity index (χ2v) is 2.54. The molecule has 0 saturated carbocycles. The SMILES string of the molecule is CNC(=S)N(C)N=CCC(=O)OC. The molecule has 0 heterocycles. The molecule has 0 saturated heterocycles. The van der Waals surface area contributed by atoms with Gasteiger partial charge in [0, 0.05) is 20.3 Å². The Labute approximate surface area is 82.7 Å². The summed E-state index contributed by atoms with van der Waals surface area (Å²) >= 11 is 4.87. The monoisotopic (exact) mass is 203 g/mol. The van der Waals surface area contributed by atoms with Gasteiger partial charge >= 0.3 is 5.97 Å². The molecule has 13 heavy (non-hydrogen) atoms. The Hall–Kier alpha value is -1.17. The molecule has 0 bridgehead atoms. The van der Waals surface area contributed by atoms with Crippen molar-refractivity contribution >= 4 is 29.5 Å². The van der Waals surface area contributed by atoms with Gasteiger partial charge < -0.3 is 10.1 Å². The van der Waals surface area contributed by atoms with Gasteiger partial charge in [-0.1, -0.05) is 0 Å². The van der Waals surface area contributed by atoms with E-state index in [9.17, 15) is 4.79 Å². The van der Waals surface area contributed by atoms with Crippen molar-refractivity contribution in [2.75, 3.05) is 21.2 Å². The van der Waals surface area contributed by atoms with E-state index in [0.29, 0.717) is 5.11 Å². The van der Waals surface area contributed by atoms with E-state index in [1.807, 2.05) is 0 Å². The van der Waals surface area contributed by atoms with Crippen LogP contribution in [0, 0.1) is 0 Å². The molecule has 0 radical (unpaired) electrons. The summed E-state index contributed by atoms with van der Waals surface area (Å²) in [5.41, 5.74) is 0. The van der Waals surface area contributed by atoms with Crippen LogP contribution in [0.2, 0.25) is 0 Å². The van der Waals surface area contributed by atoms with Crippen molar-refractivity contribution in [2.45, 2.75) is 6.42 Å². The fourth-order valence-corrected chi connectivity index (χ4v) is 0.583. The molecule has 74 valence electrons. The molecule has 0 unspecified atom stereocenters. The third-order valence-electron chi connectivity index (χ3n) is 1.25. The first-order valence-electron chi connectivity index (χ1n) is 3.66. The number of nitrogens with zero attached hydrogens (tertiary/aromatic N) is 2. The van der Waals surface area contributed by atoms with Gasteiger partial charge in [0.05, 0.1) is 13.5 Å². The van der Waals surface area contributed by atoms with Gasteiger partial charge in [-0.25, -0.2) is 5.01 Å². The largest absolute Gasteiger partial charge is 0.469 e. The molecule has 0 atom stereocenters. The summed E-state index contributed by atoms with van der Waals surface area (Å²) in [5.74, 6) is -0.326. The van der Waals surface area contributed by atoms with Gasteiger partial charge in [-0.05, 0) is 12.2 Å². The molecule has 1 N–H and O–H groups in total. The van der Waals surface area contributed by atoms with Crippen molar-refractivity contribution in [1.29, 1.82) is 0 Å². The molecular formula is C7H13N3O2S. The number of esters is 1. The third-order valence-corrected chi connectivity index (χ3v) is 1.72.